The van der Waals surface area contributed by atoms with Crippen molar-refractivity contribution in [3.8, 4) is 0 Å². The van der Waals surface area contributed by atoms with E-state index in [0.717, 1.165) is 37.3 Å². The smallest absolute Gasteiger partial charge is 0.124 e. The first kappa shape index (κ1) is 10.9. The molecular formula is C12H15N3OS. The minimum Gasteiger partial charge on any atom is -0.388 e. The van der Waals surface area contributed by atoms with E-state index in [1.165, 1.54) is 0 Å². The second-order valence-corrected chi connectivity index (χ2v) is 5.04. The predicted octanol–water partition coefficient (Wildman–Crippen LogP) is 1.08. The first-order valence-electron chi connectivity index (χ1n) is 5.89. The highest BCUT2D eigenvalue weighted by molar-refractivity contribution is 7.80. The Hall–Kier alpha value is -1.20. The molecule has 2 atom stereocenters. The summed E-state index contributed by atoms with van der Waals surface area (Å²) in [4.78, 5) is 6.93. The predicted molar refractivity (Wildman–Crippen MR) is 70.2 cm³/mol. The van der Waals surface area contributed by atoms with Crippen LogP contribution in [0.1, 0.15) is 18.5 Å². The van der Waals surface area contributed by atoms with Gasteiger partial charge in [-0.1, -0.05) is 12.2 Å². The molecule has 2 fully saturated rings. The number of aromatic nitrogens is 1. The van der Waals surface area contributed by atoms with Gasteiger partial charge in [0, 0.05) is 19.3 Å². The van der Waals surface area contributed by atoms with E-state index in [1.54, 1.807) is 6.20 Å². The first-order chi connectivity index (χ1) is 8.24. The van der Waals surface area contributed by atoms with Crippen molar-refractivity contribution < 1.29 is 4.74 Å². The lowest BCUT2D eigenvalue weighted by Gasteiger charge is -2.34. The zero-order valence-corrected chi connectivity index (χ0v) is 10.3. The summed E-state index contributed by atoms with van der Waals surface area (Å²) in [6, 6.07) is 3.96. The molecule has 2 N–H and O–H groups in total. The minimum absolute atomic E-state index is 0.355. The highest BCUT2D eigenvalue weighted by atomic mass is 32.1. The number of nitrogens with zero attached hydrogens (tertiary/aromatic N) is 2. The van der Waals surface area contributed by atoms with Gasteiger partial charge in [-0.2, -0.15) is 0 Å². The third kappa shape index (κ3) is 2.00. The highest BCUT2D eigenvalue weighted by Crippen LogP contribution is 2.30. The van der Waals surface area contributed by atoms with Crippen LogP contribution < -0.4 is 10.6 Å². The van der Waals surface area contributed by atoms with Crippen LogP contribution in [0.25, 0.3) is 0 Å². The molecular weight excluding hydrogens is 234 g/mol. The average molecular weight is 249 g/mol. The van der Waals surface area contributed by atoms with Gasteiger partial charge in [-0.15, -0.1) is 0 Å². The number of rotatable bonds is 2. The van der Waals surface area contributed by atoms with Crippen LogP contribution >= 0.6 is 12.2 Å². The summed E-state index contributed by atoms with van der Waals surface area (Å²) in [5, 5.41) is 0. The standard InChI is InChI=1S/C12H15N3OS/c13-12(17)11-10(2-1-5-14-11)15-6-8-3-4-9(7-15)16-8/h1-2,5,8-9H,3-4,6-7H2,(H2,13,17). The molecule has 2 aliphatic rings. The van der Waals surface area contributed by atoms with Gasteiger partial charge >= 0.3 is 0 Å². The van der Waals surface area contributed by atoms with Crippen LogP contribution in [-0.4, -0.2) is 35.3 Å². The molecule has 90 valence electrons. The Morgan fingerprint density at radius 1 is 1.41 bits per heavy atom. The molecule has 0 aliphatic carbocycles. The van der Waals surface area contributed by atoms with Crippen molar-refractivity contribution in [2.45, 2.75) is 25.0 Å². The van der Waals surface area contributed by atoms with Gasteiger partial charge in [0.15, 0.2) is 0 Å². The summed E-state index contributed by atoms with van der Waals surface area (Å²) in [6.07, 6.45) is 4.75. The number of fused-ring (bicyclic) bond motifs is 2. The first-order valence-corrected chi connectivity index (χ1v) is 6.30. The molecule has 2 aliphatic heterocycles. The Morgan fingerprint density at radius 3 is 2.76 bits per heavy atom. The zero-order chi connectivity index (χ0) is 11.8. The zero-order valence-electron chi connectivity index (χ0n) is 9.50. The minimum atomic E-state index is 0.355. The van der Waals surface area contributed by atoms with Crippen LogP contribution in [0, 0.1) is 0 Å². The molecule has 17 heavy (non-hydrogen) atoms. The van der Waals surface area contributed by atoms with Gasteiger partial charge in [0.2, 0.25) is 0 Å². The molecule has 1 aromatic heterocycles. The maximum atomic E-state index is 5.82. The van der Waals surface area contributed by atoms with Crippen LogP contribution in [-0.2, 0) is 4.74 Å². The van der Waals surface area contributed by atoms with Gasteiger partial charge < -0.3 is 15.4 Å². The molecule has 1 aromatic rings. The average Bonchev–Trinajstić information content (AvgIpc) is 2.68. The van der Waals surface area contributed by atoms with Crippen LogP contribution in [0.15, 0.2) is 18.3 Å². The van der Waals surface area contributed by atoms with Crippen molar-refractivity contribution in [2.75, 3.05) is 18.0 Å². The number of pyridine rings is 1. The molecule has 5 heteroatoms. The number of anilines is 1. The molecule has 4 nitrogen and oxygen atoms in total. The molecule has 0 saturated carbocycles. The summed E-state index contributed by atoms with van der Waals surface area (Å²) in [5.41, 5.74) is 7.48. The Bertz CT molecular complexity index is 439. The normalized spacial score (nSPS) is 27.2. The lowest BCUT2D eigenvalue weighted by atomic mass is 10.2. The van der Waals surface area contributed by atoms with Gasteiger partial charge in [-0.25, -0.2) is 0 Å². The highest BCUT2D eigenvalue weighted by Gasteiger charge is 2.34. The van der Waals surface area contributed by atoms with Crippen LogP contribution in [0.5, 0.6) is 0 Å². The maximum Gasteiger partial charge on any atom is 0.124 e. The lowest BCUT2D eigenvalue weighted by molar-refractivity contribution is 0.0304. The number of ether oxygens (including phenoxy) is 1. The lowest BCUT2D eigenvalue weighted by Crippen LogP contribution is -2.43. The van der Waals surface area contributed by atoms with E-state index in [0.29, 0.717) is 17.2 Å². The monoisotopic (exact) mass is 249 g/mol. The van der Waals surface area contributed by atoms with E-state index in [-0.39, 0.29) is 0 Å². The van der Waals surface area contributed by atoms with Crippen LogP contribution in [0.2, 0.25) is 0 Å². The third-order valence-corrected chi connectivity index (χ3v) is 3.60. The van der Waals surface area contributed by atoms with E-state index in [9.17, 15) is 0 Å². The summed E-state index contributed by atoms with van der Waals surface area (Å²) in [5.74, 6) is 0. The molecule has 3 heterocycles. The van der Waals surface area contributed by atoms with Crippen molar-refractivity contribution >= 4 is 22.9 Å². The third-order valence-electron chi connectivity index (χ3n) is 3.40. The molecule has 2 bridgehead atoms. The molecule has 2 unspecified atom stereocenters. The number of hydrogen-bond acceptors (Lipinski definition) is 4. The number of nitrogens with two attached hydrogens (primary N) is 1. The van der Waals surface area contributed by atoms with E-state index in [2.05, 4.69) is 9.88 Å². The molecule has 3 rings (SSSR count). The van der Waals surface area contributed by atoms with Gasteiger partial charge in [0.05, 0.1) is 17.9 Å². The van der Waals surface area contributed by atoms with E-state index < -0.39 is 0 Å². The van der Waals surface area contributed by atoms with Gasteiger partial charge in [-0.3, -0.25) is 4.98 Å². The number of thiocarbonyl (C=S) groups is 1. The topological polar surface area (TPSA) is 51.4 Å². The SMILES string of the molecule is NC(=S)c1ncccc1N1CC2CCC(C1)O2. The fourth-order valence-corrected chi connectivity index (χ4v) is 2.81. The summed E-state index contributed by atoms with van der Waals surface area (Å²) >= 11 is 5.05. The van der Waals surface area contributed by atoms with Crippen molar-refractivity contribution in [3.05, 3.63) is 24.0 Å². The quantitative estimate of drug-likeness (QED) is 0.795. The fourth-order valence-electron chi connectivity index (χ4n) is 2.65. The van der Waals surface area contributed by atoms with Crippen LogP contribution in [0.3, 0.4) is 0 Å². The largest absolute Gasteiger partial charge is 0.388 e. The van der Waals surface area contributed by atoms with Gasteiger partial charge in [-0.05, 0) is 25.0 Å². The van der Waals surface area contributed by atoms with Crippen molar-refractivity contribution in [1.29, 1.82) is 0 Å². The van der Waals surface area contributed by atoms with Crippen molar-refractivity contribution in [3.63, 3.8) is 0 Å². The van der Waals surface area contributed by atoms with E-state index in [4.69, 9.17) is 22.7 Å². The Labute approximate surface area is 106 Å². The number of hydrogen-bond donors (Lipinski definition) is 1. The summed E-state index contributed by atoms with van der Waals surface area (Å²) < 4.78 is 5.82. The van der Waals surface area contributed by atoms with Gasteiger partial charge in [0.1, 0.15) is 10.7 Å². The number of morpholine rings is 1. The second kappa shape index (κ2) is 4.23. The molecule has 0 aromatic carbocycles. The van der Waals surface area contributed by atoms with Gasteiger partial charge in [0.25, 0.3) is 0 Å². The van der Waals surface area contributed by atoms with E-state index >= 15 is 0 Å². The molecule has 0 radical (unpaired) electrons. The Morgan fingerprint density at radius 2 is 2.12 bits per heavy atom. The fraction of sp³-hybridized carbons (Fsp3) is 0.500. The second-order valence-electron chi connectivity index (χ2n) is 4.60. The van der Waals surface area contributed by atoms with Crippen LogP contribution in [0.4, 0.5) is 5.69 Å². The Kier molecular flexibility index (Phi) is 2.72. The van der Waals surface area contributed by atoms with E-state index in [1.807, 2.05) is 12.1 Å². The molecule has 0 spiro atoms. The molecule has 0 amide bonds. The van der Waals surface area contributed by atoms with Crippen molar-refractivity contribution in [2.24, 2.45) is 5.73 Å². The maximum absolute atomic E-state index is 5.82. The summed E-state index contributed by atoms with van der Waals surface area (Å²) in [7, 11) is 0. The Balaban J connectivity index is 1.91. The summed E-state index contributed by atoms with van der Waals surface area (Å²) in [6.45, 7) is 1.83. The molecule has 2 saturated heterocycles. The van der Waals surface area contributed by atoms with Crippen molar-refractivity contribution in [1.82, 2.24) is 4.98 Å².